The van der Waals surface area contributed by atoms with Crippen molar-refractivity contribution < 1.29 is 4.39 Å². The molecule has 0 fully saturated rings. The van der Waals surface area contributed by atoms with E-state index in [4.69, 9.17) is 0 Å². The quantitative estimate of drug-likeness (QED) is 0.736. The van der Waals surface area contributed by atoms with Gasteiger partial charge in [0, 0.05) is 16.7 Å². The van der Waals surface area contributed by atoms with Gasteiger partial charge >= 0.3 is 0 Å². The van der Waals surface area contributed by atoms with Crippen molar-refractivity contribution in [2.24, 2.45) is 0 Å². The molecule has 2 aromatic rings. The van der Waals surface area contributed by atoms with E-state index < -0.39 is 0 Å². The van der Waals surface area contributed by atoms with Crippen LogP contribution in [0.1, 0.15) is 18.4 Å². The van der Waals surface area contributed by atoms with Gasteiger partial charge in [-0.3, -0.25) is 0 Å². The first-order chi connectivity index (χ1) is 9.25. The Morgan fingerprint density at radius 3 is 2.53 bits per heavy atom. The van der Waals surface area contributed by atoms with Crippen molar-refractivity contribution in [1.29, 1.82) is 0 Å². The molecule has 0 amide bonds. The van der Waals surface area contributed by atoms with Gasteiger partial charge in [0.05, 0.1) is 0 Å². The van der Waals surface area contributed by atoms with Crippen molar-refractivity contribution in [3.05, 3.63) is 64.4 Å². The average molecular weight is 322 g/mol. The van der Waals surface area contributed by atoms with Crippen molar-refractivity contribution in [1.82, 2.24) is 0 Å². The molecule has 0 atom stereocenters. The van der Waals surface area contributed by atoms with E-state index in [9.17, 15) is 4.39 Å². The fraction of sp³-hybridized carbons (Fsp3) is 0.250. The summed E-state index contributed by atoms with van der Waals surface area (Å²) < 4.78 is 13.7. The number of hydrogen-bond donors (Lipinski definition) is 1. The highest BCUT2D eigenvalue weighted by atomic mass is 79.9. The summed E-state index contributed by atoms with van der Waals surface area (Å²) in [6.45, 7) is 0.900. The number of nitrogens with one attached hydrogen (secondary N) is 1. The lowest BCUT2D eigenvalue weighted by atomic mass is 10.1. The lowest BCUT2D eigenvalue weighted by molar-refractivity contribution is 0.627. The number of rotatable bonds is 6. The molecule has 0 radical (unpaired) electrons. The minimum atomic E-state index is -0.221. The van der Waals surface area contributed by atoms with Crippen LogP contribution in [0.2, 0.25) is 0 Å². The topological polar surface area (TPSA) is 12.0 Å². The molecule has 0 saturated heterocycles. The van der Waals surface area contributed by atoms with E-state index in [1.165, 1.54) is 17.7 Å². The summed E-state index contributed by atoms with van der Waals surface area (Å²) in [5.41, 5.74) is 2.33. The maximum Gasteiger partial charge on any atom is 0.124 e. The Kier molecular flexibility index (Phi) is 5.40. The van der Waals surface area contributed by atoms with Crippen LogP contribution in [0.3, 0.4) is 0 Å². The van der Waals surface area contributed by atoms with E-state index >= 15 is 0 Å². The van der Waals surface area contributed by atoms with Crippen molar-refractivity contribution in [3.8, 4) is 0 Å². The Balaban J connectivity index is 1.69. The SMILES string of the molecule is Fc1ccc(NCCCCc2ccccc2)c(Br)c1. The molecular formula is C16H17BrFN. The summed E-state index contributed by atoms with van der Waals surface area (Å²) in [4.78, 5) is 0. The van der Waals surface area contributed by atoms with Gasteiger partial charge in [-0.25, -0.2) is 4.39 Å². The number of anilines is 1. The largest absolute Gasteiger partial charge is 0.384 e. The van der Waals surface area contributed by atoms with E-state index in [2.05, 4.69) is 45.5 Å². The van der Waals surface area contributed by atoms with Crippen LogP contribution in [0.4, 0.5) is 10.1 Å². The maximum atomic E-state index is 12.9. The molecule has 1 nitrogen and oxygen atoms in total. The second kappa shape index (κ2) is 7.29. The van der Waals surface area contributed by atoms with Crippen molar-refractivity contribution in [3.63, 3.8) is 0 Å². The fourth-order valence-electron chi connectivity index (χ4n) is 1.95. The summed E-state index contributed by atoms with van der Waals surface area (Å²) in [5, 5.41) is 3.31. The summed E-state index contributed by atoms with van der Waals surface area (Å²) >= 11 is 3.35. The van der Waals surface area contributed by atoms with E-state index in [0.29, 0.717) is 0 Å². The van der Waals surface area contributed by atoms with Crippen LogP contribution in [-0.2, 0) is 6.42 Å². The Labute approximate surface area is 122 Å². The van der Waals surface area contributed by atoms with Crippen LogP contribution in [0, 0.1) is 5.82 Å². The van der Waals surface area contributed by atoms with Gasteiger partial charge in [-0.2, -0.15) is 0 Å². The molecule has 0 aliphatic rings. The molecule has 0 bridgehead atoms. The van der Waals surface area contributed by atoms with Crippen LogP contribution in [-0.4, -0.2) is 6.54 Å². The molecule has 2 rings (SSSR count). The zero-order valence-electron chi connectivity index (χ0n) is 10.7. The number of aryl methyl sites for hydroxylation is 1. The second-order valence-corrected chi connectivity index (χ2v) is 5.35. The van der Waals surface area contributed by atoms with Crippen LogP contribution in [0.5, 0.6) is 0 Å². The summed E-state index contributed by atoms with van der Waals surface area (Å²) in [5.74, 6) is -0.221. The molecular weight excluding hydrogens is 305 g/mol. The zero-order valence-corrected chi connectivity index (χ0v) is 12.3. The van der Waals surface area contributed by atoms with E-state index in [0.717, 1.165) is 36.0 Å². The predicted molar refractivity (Wildman–Crippen MR) is 82.0 cm³/mol. The van der Waals surface area contributed by atoms with Gasteiger partial charge in [-0.1, -0.05) is 30.3 Å². The summed E-state index contributed by atoms with van der Waals surface area (Å²) in [7, 11) is 0. The standard InChI is InChI=1S/C16H17BrFN/c17-15-12-14(18)9-10-16(15)19-11-5-4-8-13-6-2-1-3-7-13/h1-3,6-7,9-10,12,19H,4-5,8,11H2. The van der Waals surface area contributed by atoms with Crippen LogP contribution in [0.25, 0.3) is 0 Å². The highest BCUT2D eigenvalue weighted by Gasteiger charge is 2.00. The Morgan fingerprint density at radius 1 is 1.00 bits per heavy atom. The minimum Gasteiger partial charge on any atom is -0.384 e. The van der Waals surface area contributed by atoms with Crippen molar-refractivity contribution >= 4 is 21.6 Å². The molecule has 0 saturated carbocycles. The van der Waals surface area contributed by atoms with E-state index in [1.807, 2.05) is 6.07 Å². The maximum absolute atomic E-state index is 12.9. The van der Waals surface area contributed by atoms with E-state index in [-0.39, 0.29) is 5.82 Å². The molecule has 2 aromatic carbocycles. The van der Waals surface area contributed by atoms with Crippen molar-refractivity contribution in [2.75, 3.05) is 11.9 Å². The number of benzene rings is 2. The zero-order chi connectivity index (χ0) is 13.5. The minimum absolute atomic E-state index is 0.221. The molecule has 19 heavy (non-hydrogen) atoms. The third kappa shape index (κ3) is 4.67. The predicted octanol–water partition coefficient (Wildman–Crippen LogP) is 5.02. The van der Waals surface area contributed by atoms with Gasteiger partial charge in [0.1, 0.15) is 5.82 Å². The van der Waals surface area contributed by atoms with Gasteiger partial charge in [0.25, 0.3) is 0 Å². The molecule has 100 valence electrons. The highest BCUT2D eigenvalue weighted by Crippen LogP contribution is 2.22. The van der Waals surface area contributed by atoms with Gasteiger partial charge in [0.2, 0.25) is 0 Å². The summed E-state index contributed by atoms with van der Waals surface area (Å²) in [6, 6.07) is 15.2. The van der Waals surface area contributed by atoms with Gasteiger partial charge in [-0.15, -0.1) is 0 Å². The molecule has 0 aliphatic carbocycles. The van der Waals surface area contributed by atoms with Crippen molar-refractivity contribution in [2.45, 2.75) is 19.3 Å². The van der Waals surface area contributed by atoms with E-state index in [1.54, 1.807) is 6.07 Å². The Bertz CT molecular complexity index is 513. The number of halogens is 2. The molecule has 1 N–H and O–H groups in total. The molecule has 0 unspecified atom stereocenters. The smallest absolute Gasteiger partial charge is 0.124 e. The Hall–Kier alpha value is -1.35. The molecule has 0 spiro atoms. The first-order valence-corrected chi connectivity index (χ1v) is 7.28. The third-order valence-corrected chi connectivity index (χ3v) is 3.64. The lowest BCUT2D eigenvalue weighted by Gasteiger charge is -2.08. The summed E-state index contributed by atoms with van der Waals surface area (Å²) in [6.07, 6.45) is 3.35. The highest BCUT2D eigenvalue weighted by molar-refractivity contribution is 9.10. The normalized spacial score (nSPS) is 10.4. The molecule has 0 aliphatic heterocycles. The van der Waals surface area contributed by atoms with Gasteiger partial charge in [-0.05, 0) is 59.0 Å². The van der Waals surface area contributed by atoms with Crippen LogP contribution in [0.15, 0.2) is 53.0 Å². The first-order valence-electron chi connectivity index (χ1n) is 6.48. The number of hydrogen-bond acceptors (Lipinski definition) is 1. The monoisotopic (exact) mass is 321 g/mol. The van der Waals surface area contributed by atoms with Crippen LogP contribution < -0.4 is 5.32 Å². The first kappa shape index (κ1) is 14.1. The molecule has 0 heterocycles. The lowest BCUT2D eigenvalue weighted by Crippen LogP contribution is -2.02. The Morgan fingerprint density at radius 2 is 1.79 bits per heavy atom. The van der Waals surface area contributed by atoms with Crippen LogP contribution >= 0.6 is 15.9 Å². The van der Waals surface area contributed by atoms with Gasteiger partial charge in [0.15, 0.2) is 0 Å². The molecule has 3 heteroatoms. The second-order valence-electron chi connectivity index (χ2n) is 4.49. The number of unbranched alkanes of at least 4 members (excludes halogenated alkanes) is 1. The fourth-order valence-corrected chi connectivity index (χ4v) is 2.45. The third-order valence-electron chi connectivity index (χ3n) is 2.98. The average Bonchev–Trinajstić information content (AvgIpc) is 2.42. The van der Waals surface area contributed by atoms with Gasteiger partial charge < -0.3 is 5.32 Å². The molecule has 0 aromatic heterocycles.